The smallest absolute Gasteiger partial charge is 0.124 e. The van der Waals surface area contributed by atoms with Crippen LogP contribution < -0.4 is 9.47 Å². The maximum atomic E-state index is 10.8. The highest BCUT2D eigenvalue weighted by Gasteiger charge is 2.26. The zero-order chi connectivity index (χ0) is 18.4. The third-order valence-corrected chi connectivity index (χ3v) is 5.36. The zero-order valence-electron chi connectivity index (χ0n) is 16.0. The summed E-state index contributed by atoms with van der Waals surface area (Å²) in [7, 11) is 3.26. The molecule has 1 N–H and O–H groups in total. The van der Waals surface area contributed by atoms with Crippen LogP contribution in [0.3, 0.4) is 0 Å². The van der Waals surface area contributed by atoms with Gasteiger partial charge in [-0.05, 0) is 44.1 Å². The van der Waals surface area contributed by atoms with Crippen molar-refractivity contribution in [3.8, 4) is 11.5 Å². The second-order valence-electron chi connectivity index (χ2n) is 7.24. The van der Waals surface area contributed by atoms with Crippen molar-refractivity contribution in [1.82, 2.24) is 9.80 Å². The number of rotatable bonds is 7. The fourth-order valence-corrected chi connectivity index (χ4v) is 3.93. The number of aliphatic hydroxyl groups excluding tert-OH is 1. The van der Waals surface area contributed by atoms with Crippen molar-refractivity contribution >= 4 is 0 Å². The summed E-state index contributed by atoms with van der Waals surface area (Å²) in [6.07, 6.45) is 3.55. The maximum Gasteiger partial charge on any atom is 0.124 e. The van der Waals surface area contributed by atoms with Crippen LogP contribution in [0.15, 0.2) is 18.2 Å². The lowest BCUT2D eigenvalue weighted by atomic mass is 10.1. The Morgan fingerprint density at radius 3 is 2.65 bits per heavy atom. The minimum Gasteiger partial charge on any atom is -0.497 e. The normalized spacial score (nSPS) is 23.6. The van der Waals surface area contributed by atoms with E-state index in [1.807, 2.05) is 18.2 Å². The lowest BCUT2D eigenvalue weighted by Gasteiger charge is -2.37. The predicted molar refractivity (Wildman–Crippen MR) is 101 cm³/mol. The molecular formula is C20H32N2O4. The van der Waals surface area contributed by atoms with E-state index in [1.54, 1.807) is 14.2 Å². The molecule has 0 saturated carbocycles. The Kier molecular flexibility index (Phi) is 7.14. The van der Waals surface area contributed by atoms with E-state index in [1.165, 1.54) is 32.4 Å². The fraction of sp³-hybridized carbons (Fsp3) is 0.700. The number of aliphatic hydroxyl groups is 1. The molecule has 2 aliphatic rings. The number of benzene rings is 1. The summed E-state index contributed by atoms with van der Waals surface area (Å²) in [4.78, 5) is 4.81. The van der Waals surface area contributed by atoms with Crippen LogP contribution in [0, 0.1) is 0 Å². The van der Waals surface area contributed by atoms with Crippen molar-refractivity contribution in [3.63, 3.8) is 0 Å². The molecule has 0 aromatic heterocycles. The van der Waals surface area contributed by atoms with Gasteiger partial charge >= 0.3 is 0 Å². The van der Waals surface area contributed by atoms with Gasteiger partial charge in [-0.1, -0.05) is 6.42 Å². The van der Waals surface area contributed by atoms with Crippen molar-refractivity contribution in [2.45, 2.75) is 31.5 Å². The van der Waals surface area contributed by atoms with Gasteiger partial charge in [-0.25, -0.2) is 0 Å². The monoisotopic (exact) mass is 364 g/mol. The van der Waals surface area contributed by atoms with Gasteiger partial charge in [0.05, 0.1) is 33.0 Å². The molecule has 0 unspecified atom stereocenters. The van der Waals surface area contributed by atoms with Crippen LogP contribution in [0.5, 0.6) is 11.5 Å². The molecule has 6 heteroatoms. The zero-order valence-corrected chi connectivity index (χ0v) is 16.0. The highest BCUT2D eigenvalue weighted by Crippen LogP contribution is 2.30. The second kappa shape index (κ2) is 9.55. The van der Waals surface area contributed by atoms with Crippen LogP contribution in [0.2, 0.25) is 0 Å². The highest BCUT2D eigenvalue weighted by molar-refractivity contribution is 5.41. The minimum atomic E-state index is -0.617. The molecule has 6 nitrogen and oxygen atoms in total. The van der Waals surface area contributed by atoms with E-state index in [2.05, 4.69) is 9.80 Å². The van der Waals surface area contributed by atoms with Gasteiger partial charge in [0.15, 0.2) is 0 Å². The number of β-amino-alcohol motifs (C(OH)–C–C–N with tert-alkyl or cyclic N) is 1. The lowest BCUT2D eigenvalue weighted by Crippen LogP contribution is -2.49. The van der Waals surface area contributed by atoms with E-state index >= 15 is 0 Å². The van der Waals surface area contributed by atoms with Crippen molar-refractivity contribution in [2.75, 3.05) is 60.1 Å². The first-order valence-electron chi connectivity index (χ1n) is 9.66. The number of morpholine rings is 1. The van der Waals surface area contributed by atoms with Gasteiger partial charge in [-0.15, -0.1) is 0 Å². The molecule has 1 aromatic carbocycles. The Bertz CT molecular complexity index is 563. The molecule has 0 aliphatic carbocycles. The van der Waals surface area contributed by atoms with Gasteiger partial charge in [0.1, 0.15) is 11.5 Å². The lowest BCUT2D eigenvalue weighted by molar-refractivity contribution is -0.0551. The molecule has 2 heterocycles. The van der Waals surface area contributed by atoms with Crippen molar-refractivity contribution < 1.29 is 19.3 Å². The molecule has 2 aliphatic heterocycles. The third kappa shape index (κ3) is 5.10. The molecule has 2 saturated heterocycles. The average molecular weight is 364 g/mol. The molecule has 2 fully saturated rings. The van der Waals surface area contributed by atoms with Crippen LogP contribution in [0.1, 0.15) is 30.9 Å². The van der Waals surface area contributed by atoms with Gasteiger partial charge in [-0.2, -0.15) is 0 Å². The summed E-state index contributed by atoms with van der Waals surface area (Å²) in [6.45, 7) is 6.37. The third-order valence-electron chi connectivity index (χ3n) is 5.36. The summed E-state index contributed by atoms with van der Waals surface area (Å²) in [5.41, 5.74) is 0.769. The number of methoxy groups -OCH3 is 2. The summed E-state index contributed by atoms with van der Waals surface area (Å²) in [5.74, 6) is 1.42. The van der Waals surface area contributed by atoms with Crippen molar-refractivity contribution in [3.05, 3.63) is 23.8 Å². The predicted octanol–water partition coefficient (Wildman–Crippen LogP) is 1.92. The Morgan fingerprint density at radius 1 is 1.12 bits per heavy atom. The van der Waals surface area contributed by atoms with Gasteiger partial charge < -0.3 is 24.2 Å². The Morgan fingerprint density at radius 2 is 1.92 bits per heavy atom. The quantitative estimate of drug-likeness (QED) is 0.798. The van der Waals surface area contributed by atoms with E-state index in [0.29, 0.717) is 12.3 Å². The summed E-state index contributed by atoms with van der Waals surface area (Å²) >= 11 is 0. The van der Waals surface area contributed by atoms with Gasteiger partial charge in [0.2, 0.25) is 0 Å². The van der Waals surface area contributed by atoms with Crippen LogP contribution in [-0.4, -0.2) is 81.1 Å². The van der Waals surface area contributed by atoms with Gasteiger partial charge in [0, 0.05) is 31.7 Å². The Hall–Kier alpha value is -1.34. The first kappa shape index (κ1) is 19.4. The van der Waals surface area contributed by atoms with Crippen LogP contribution in [-0.2, 0) is 4.74 Å². The maximum absolute atomic E-state index is 10.8. The Balaban J connectivity index is 1.57. The number of hydrogen-bond acceptors (Lipinski definition) is 6. The average Bonchev–Trinajstić information content (AvgIpc) is 2.68. The van der Waals surface area contributed by atoms with Gasteiger partial charge in [-0.3, -0.25) is 4.90 Å². The Labute approximate surface area is 156 Å². The van der Waals surface area contributed by atoms with E-state index < -0.39 is 6.10 Å². The molecule has 0 bridgehead atoms. The molecule has 1 aromatic rings. The molecule has 26 heavy (non-hydrogen) atoms. The standard InChI is InChI=1S/C20H32N2O4/c1-24-16-6-7-20(25-2)18(12-16)19(23)15-22-10-11-26-17(14-22)13-21-8-4-3-5-9-21/h6-7,12,17,19,23H,3-5,8-11,13-15H2,1-2H3/t17-,19-/m0/s1. The van der Waals surface area contributed by atoms with Crippen LogP contribution >= 0.6 is 0 Å². The van der Waals surface area contributed by atoms with Crippen molar-refractivity contribution in [1.29, 1.82) is 0 Å². The molecule has 146 valence electrons. The first-order chi connectivity index (χ1) is 12.7. The molecule has 0 radical (unpaired) electrons. The van der Waals surface area contributed by atoms with E-state index in [4.69, 9.17) is 14.2 Å². The first-order valence-corrected chi connectivity index (χ1v) is 9.66. The number of hydrogen-bond donors (Lipinski definition) is 1. The number of likely N-dealkylation sites (tertiary alicyclic amines) is 1. The summed E-state index contributed by atoms with van der Waals surface area (Å²) in [5, 5.41) is 10.8. The molecule has 0 amide bonds. The summed E-state index contributed by atoms with van der Waals surface area (Å²) < 4.78 is 16.7. The SMILES string of the molecule is COc1ccc(OC)c([C@@H](O)CN2CCO[C@@H](CN3CCCCC3)C2)c1. The van der Waals surface area contributed by atoms with E-state index in [0.717, 1.165) is 37.6 Å². The number of ether oxygens (including phenoxy) is 3. The molecular weight excluding hydrogens is 332 g/mol. The van der Waals surface area contributed by atoms with Crippen molar-refractivity contribution in [2.24, 2.45) is 0 Å². The molecule has 3 rings (SSSR count). The van der Waals surface area contributed by atoms with E-state index in [-0.39, 0.29) is 6.10 Å². The fourth-order valence-electron chi connectivity index (χ4n) is 3.93. The van der Waals surface area contributed by atoms with E-state index in [9.17, 15) is 5.11 Å². The summed E-state index contributed by atoms with van der Waals surface area (Å²) in [6, 6.07) is 5.55. The topological polar surface area (TPSA) is 54.4 Å². The largest absolute Gasteiger partial charge is 0.497 e. The van der Waals surface area contributed by atoms with Gasteiger partial charge in [0.25, 0.3) is 0 Å². The van der Waals surface area contributed by atoms with Crippen LogP contribution in [0.4, 0.5) is 0 Å². The number of nitrogens with zero attached hydrogens (tertiary/aromatic N) is 2. The number of piperidine rings is 1. The highest BCUT2D eigenvalue weighted by atomic mass is 16.5. The minimum absolute atomic E-state index is 0.223. The second-order valence-corrected chi connectivity index (χ2v) is 7.24. The molecule has 0 spiro atoms. The molecule has 2 atom stereocenters. The van der Waals surface area contributed by atoms with Crippen LogP contribution in [0.25, 0.3) is 0 Å².